The average molecular weight is 420 g/mol. The second-order valence-corrected chi connectivity index (χ2v) is 8.61. The Hall–Kier alpha value is -2.80. The summed E-state index contributed by atoms with van der Waals surface area (Å²) in [4.78, 5) is 40.9. The number of hydrogen-bond acceptors (Lipinski definition) is 8. The SMILES string of the molecule is CC(C)(C)OC(=O)NC1CCN(c2cc(C=O)c(C#N)c(SCC(N)=O)n2)CC1. The highest BCUT2D eigenvalue weighted by atomic mass is 32.2. The molecule has 156 valence electrons. The van der Waals surface area contributed by atoms with Crippen molar-refractivity contribution < 1.29 is 19.1 Å². The van der Waals surface area contributed by atoms with Crippen LogP contribution < -0.4 is 16.0 Å². The van der Waals surface area contributed by atoms with Gasteiger partial charge in [-0.3, -0.25) is 9.59 Å². The largest absolute Gasteiger partial charge is 0.444 e. The van der Waals surface area contributed by atoms with Gasteiger partial charge in [-0.15, -0.1) is 0 Å². The van der Waals surface area contributed by atoms with E-state index in [1.165, 1.54) is 0 Å². The summed E-state index contributed by atoms with van der Waals surface area (Å²) in [5, 5.41) is 12.5. The van der Waals surface area contributed by atoms with E-state index >= 15 is 0 Å². The third-order valence-corrected chi connectivity index (χ3v) is 5.13. The topological polar surface area (TPSA) is 138 Å². The van der Waals surface area contributed by atoms with Crippen molar-refractivity contribution in [1.29, 1.82) is 5.26 Å². The number of aromatic nitrogens is 1. The van der Waals surface area contributed by atoms with Gasteiger partial charge in [0.2, 0.25) is 5.91 Å². The summed E-state index contributed by atoms with van der Waals surface area (Å²) in [7, 11) is 0. The molecule has 2 amide bonds. The minimum Gasteiger partial charge on any atom is -0.444 e. The molecule has 1 aromatic rings. The number of piperidine rings is 1. The highest BCUT2D eigenvalue weighted by Crippen LogP contribution is 2.28. The number of nitrogens with one attached hydrogen (secondary N) is 1. The number of alkyl carbamates (subject to hydrolysis) is 1. The van der Waals surface area contributed by atoms with Crippen LogP contribution in [0.4, 0.5) is 10.6 Å². The van der Waals surface area contributed by atoms with E-state index in [2.05, 4.69) is 10.3 Å². The molecule has 0 atom stereocenters. The van der Waals surface area contributed by atoms with Crippen LogP contribution in [0.5, 0.6) is 0 Å². The Balaban J connectivity index is 2.09. The second kappa shape index (κ2) is 9.60. The number of amides is 2. The summed E-state index contributed by atoms with van der Waals surface area (Å²) in [6.07, 6.45) is 1.53. The van der Waals surface area contributed by atoms with Crippen LogP contribution in [0.15, 0.2) is 11.1 Å². The molecule has 1 aliphatic rings. The van der Waals surface area contributed by atoms with E-state index in [0.29, 0.717) is 43.1 Å². The Labute approximate surface area is 174 Å². The first kappa shape index (κ1) is 22.5. The zero-order chi connectivity index (χ0) is 21.6. The number of nitriles is 1. The monoisotopic (exact) mass is 419 g/mol. The van der Waals surface area contributed by atoms with Crippen molar-refractivity contribution in [3.05, 3.63) is 17.2 Å². The predicted octanol–water partition coefficient (Wildman–Crippen LogP) is 1.84. The lowest BCUT2D eigenvalue weighted by Crippen LogP contribution is -2.46. The molecule has 10 heteroatoms. The van der Waals surface area contributed by atoms with E-state index in [1.54, 1.807) is 6.07 Å². The molecule has 0 spiro atoms. The molecule has 2 heterocycles. The zero-order valence-electron chi connectivity index (χ0n) is 16.7. The third kappa shape index (κ3) is 6.64. The smallest absolute Gasteiger partial charge is 0.407 e. The third-order valence-electron chi connectivity index (χ3n) is 4.13. The summed E-state index contributed by atoms with van der Waals surface area (Å²) in [6.45, 7) is 6.65. The molecule has 0 aliphatic carbocycles. The molecule has 0 bridgehead atoms. The van der Waals surface area contributed by atoms with E-state index in [9.17, 15) is 19.6 Å². The number of carbonyl (C=O) groups excluding carboxylic acids is 3. The number of anilines is 1. The highest BCUT2D eigenvalue weighted by Gasteiger charge is 2.25. The van der Waals surface area contributed by atoms with Crippen LogP contribution in [-0.2, 0) is 9.53 Å². The number of nitrogens with zero attached hydrogens (tertiary/aromatic N) is 3. The summed E-state index contributed by atoms with van der Waals surface area (Å²) in [5.74, 6) is -0.0211. The summed E-state index contributed by atoms with van der Waals surface area (Å²) in [5.41, 5.74) is 4.98. The molecule has 0 unspecified atom stereocenters. The standard InChI is InChI=1S/C19H25N5O4S/c1-19(2,3)28-18(27)22-13-4-6-24(7-5-13)16-8-12(10-25)14(9-20)17(23-16)29-11-15(21)26/h8,10,13H,4-7,11H2,1-3H3,(H2,21,26)(H,22,27). The Bertz CT molecular complexity index is 823. The van der Waals surface area contributed by atoms with E-state index in [1.807, 2.05) is 31.7 Å². The maximum absolute atomic E-state index is 11.9. The van der Waals surface area contributed by atoms with Gasteiger partial charge >= 0.3 is 6.09 Å². The molecule has 0 saturated carbocycles. The molecular weight excluding hydrogens is 394 g/mol. The van der Waals surface area contributed by atoms with Gasteiger partial charge in [0.25, 0.3) is 0 Å². The first-order valence-electron chi connectivity index (χ1n) is 9.19. The van der Waals surface area contributed by atoms with E-state index in [4.69, 9.17) is 10.5 Å². The summed E-state index contributed by atoms with van der Waals surface area (Å²) in [6, 6.07) is 3.52. The normalized spacial score (nSPS) is 14.8. The van der Waals surface area contributed by atoms with Gasteiger partial charge in [-0.25, -0.2) is 9.78 Å². The zero-order valence-corrected chi connectivity index (χ0v) is 17.5. The Morgan fingerprint density at radius 1 is 1.45 bits per heavy atom. The maximum Gasteiger partial charge on any atom is 0.407 e. The van der Waals surface area contributed by atoms with Crippen LogP contribution in [0.25, 0.3) is 0 Å². The number of ether oxygens (including phenoxy) is 1. The average Bonchev–Trinajstić information content (AvgIpc) is 2.64. The van der Waals surface area contributed by atoms with E-state index in [0.717, 1.165) is 11.8 Å². The van der Waals surface area contributed by atoms with Crippen LogP contribution in [0, 0.1) is 11.3 Å². The highest BCUT2D eigenvalue weighted by molar-refractivity contribution is 8.00. The fraction of sp³-hybridized carbons (Fsp3) is 0.526. The van der Waals surface area contributed by atoms with Crippen LogP contribution in [0.2, 0.25) is 0 Å². The van der Waals surface area contributed by atoms with Gasteiger partial charge in [0, 0.05) is 24.7 Å². The maximum atomic E-state index is 11.9. The number of carbonyl (C=O) groups is 3. The van der Waals surface area contributed by atoms with Crippen LogP contribution in [0.1, 0.15) is 49.5 Å². The minimum absolute atomic E-state index is 0.0197. The molecule has 0 aromatic carbocycles. The molecule has 1 fully saturated rings. The molecule has 29 heavy (non-hydrogen) atoms. The first-order valence-corrected chi connectivity index (χ1v) is 10.2. The number of primary amides is 1. The minimum atomic E-state index is -0.554. The fourth-order valence-electron chi connectivity index (χ4n) is 2.87. The van der Waals surface area contributed by atoms with Crippen LogP contribution in [-0.4, -0.2) is 53.8 Å². The van der Waals surface area contributed by atoms with Crippen LogP contribution in [0.3, 0.4) is 0 Å². The number of hydrogen-bond donors (Lipinski definition) is 2. The van der Waals surface area contributed by atoms with Crippen molar-refractivity contribution in [3.63, 3.8) is 0 Å². The number of aldehydes is 1. The van der Waals surface area contributed by atoms with E-state index < -0.39 is 17.6 Å². The van der Waals surface area contributed by atoms with Gasteiger partial charge in [-0.1, -0.05) is 11.8 Å². The lowest BCUT2D eigenvalue weighted by atomic mass is 10.0. The molecule has 1 saturated heterocycles. The van der Waals surface area contributed by atoms with Crippen molar-refractivity contribution in [2.75, 3.05) is 23.7 Å². The number of pyridine rings is 1. The van der Waals surface area contributed by atoms with Crippen LogP contribution >= 0.6 is 11.8 Å². The van der Waals surface area contributed by atoms with Gasteiger partial charge < -0.3 is 20.7 Å². The fourth-order valence-corrected chi connectivity index (χ4v) is 3.61. The van der Waals surface area contributed by atoms with Gasteiger partial charge in [0.1, 0.15) is 22.5 Å². The summed E-state index contributed by atoms with van der Waals surface area (Å²) >= 11 is 1.03. The summed E-state index contributed by atoms with van der Waals surface area (Å²) < 4.78 is 5.28. The van der Waals surface area contributed by atoms with Gasteiger partial charge in [0.05, 0.1) is 11.3 Å². The predicted molar refractivity (Wildman–Crippen MR) is 109 cm³/mol. The quantitative estimate of drug-likeness (QED) is 0.526. The van der Waals surface area contributed by atoms with Gasteiger partial charge in [-0.05, 0) is 39.7 Å². The molecule has 3 N–H and O–H groups in total. The molecule has 1 aliphatic heterocycles. The molecule has 1 aromatic heterocycles. The van der Waals surface area contributed by atoms with Crippen molar-refractivity contribution in [1.82, 2.24) is 10.3 Å². The van der Waals surface area contributed by atoms with Crippen molar-refractivity contribution >= 4 is 35.9 Å². The molecule has 9 nitrogen and oxygen atoms in total. The Morgan fingerprint density at radius 3 is 2.62 bits per heavy atom. The number of thioether (sulfide) groups is 1. The van der Waals surface area contributed by atoms with Gasteiger partial charge in [-0.2, -0.15) is 5.26 Å². The first-order chi connectivity index (χ1) is 13.6. The van der Waals surface area contributed by atoms with Crippen molar-refractivity contribution in [2.24, 2.45) is 5.73 Å². The number of nitrogens with two attached hydrogens (primary N) is 1. The molecule has 0 radical (unpaired) electrons. The molecular formula is C19H25N5O4S. The Kier molecular flexibility index (Phi) is 7.45. The Morgan fingerprint density at radius 2 is 2.10 bits per heavy atom. The van der Waals surface area contributed by atoms with Crippen molar-refractivity contribution in [2.45, 2.75) is 50.3 Å². The lowest BCUT2D eigenvalue weighted by molar-refractivity contribution is -0.115. The lowest BCUT2D eigenvalue weighted by Gasteiger charge is -2.33. The van der Waals surface area contributed by atoms with Gasteiger partial charge in [0.15, 0.2) is 6.29 Å². The molecule has 2 rings (SSSR count). The number of rotatable bonds is 6. The van der Waals surface area contributed by atoms with E-state index in [-0.39, 0.29) is 22.9 Å². The van der Waals surface area contributed by atoms with Crippen molar-refractivity contribution in [3.8, 4) is 6.07 Å². The second-order valence-electron chi connectivity index (χ2n) is 7.64.